The van der Waals surface area contributed by atoms with Crippen molar-refractivity contribution in [2.75, 3.05) is 13.1 Å². The average Bonchev–Trinajstić information content (AvgIpc) is 2.89. The van der Waals surface area contributed by atoms with Crippen LogP contribution in [0.3, 0.4) is 0 Å². The first-order valence-corrected chi connectivity index (χ1v) is 8.55. The van der Waals surface area contributed by atoms with Crippen molar-refractivity contribution in [2.45, 2.75) is 40.3 Å². The molecule has 1 aliphatic rings. The molecule has 1 fully saturated rings. The van der Waals surface area contributed by atoms with Crippen LogP contribution in [-0.4, -0.2) is 33.6 Å². The Bertz CT molecular complexity index is 683. The van der Waals surface area contributed by atoms with Gasteiger partial charge in [-0.1, -0.05) is 26.0 Å². The molecule has 1 aromatic heterocycles. The summed E-state index contributed by atoms with van der Waals surface area (Å²) in [5, 5.41) is 3.05. The van der Waals surface area contributed by atoms with Gasteiger partial charge in [-0.3, -0.25) is 0 Å². The van der Waals surface area contributed by atoms with Crippen LogP contribution in [-0.2, 0) is 13.1 Å². The van der Waals surface area contributed by atoms with Crippen molar-refractivity contribution in [3.8, 4) is 0 Å². The lowest BCUT2D eigenvalue weighted by Gasteiger charge is -2.34. The Morgan fingerprint density at radius 1 is 1.26 bits per heavy atom. The fourth-order valence-corrected chi connectivity index (χ4v) is 3.71. The molecule has 0 spiro atoms. The van der Waals surface area contributed by atoms with Gasteiger partial charge >= 0.3 is 6.03 Å². The van der Waals surface area contributed by atoms with Gasteiger partial charge in [-0.15, -0.1) is 0 Å². The molecule has 1 saturated heterocycles. The summed E-state index contributed by atoms with van der Waals surface area (Å²) < 4.78 is 2.16. The van der Waals surface area contributed by atoms with Crippen LogP contribution in [0.2, 0.25) is 0 Å². The largest absolute Gasteiger partial charge is 0.331 e. The lowest BCUT2D eigenvalue weighted by atomic mass is 9.92. The number of piperidine rings is 1. The van der Waals surface area contributed by atoms with Gasteiger partial charge in [0.15, 0.2) is 0 Å². The number of nitrogens with zero attached hydrogens (tertiary/aromatic N) is 3. The summed E-state index contributed by atoms with van der Waals surface area (Å²) in [6.45, 7) is 9.55. The third-order valence-electron chi connectivity index (χ3n) is 4.60. The van der Waals surface area contributed by atoms with E-state index >= 15 is 0 Å². The second-order valence-corrected chi connectivity index (χ2v) is 6.77. The Kier molecular flexibility index (Phi) is 4.55. The van der Waals surface area contributed by atoms with E-state index in [1.54, 1.807) is 0 Å². The fraction of sp³-hybridized carbons (Fsp3) is 0.556. The Morgan fingerprint density at radius 2 is 1.96 bits per heavy atom. The van der Waals surface area contributed by atoms with E-state index in [4.69, 9.17) is 0 Å². The van der Waals surface area contributed by atoms with Crippen molar-refractivity contribution in [1.82, 2.24) is 19.8 Å². The highest BCUT2D eigenvalue weighted by Crippen LogP contribution is 2.21. The minimum atomic E-state index is 0.0260. The fourth-order valence-electron chi connectivity index (χ4n) is 3.71. The van der Waals surface area contributed by atoms with Gasteiger partial charge < -0.3 is 14.8 Å². The van der Waals surface area contributed by atoms with Crippen LogP contribution in [0.4, 0.5) is 4.79 Å². The predicted molar refractivity (Wildman–Crippen MR) is 92.2 cm³/mol. The zero-order valence-electron chi connectivity index (χ0n) is 14.2. The lowest BCUT2D eigenvalue weighted by molar-refractivity contribution is 0.145. The SMILES string of the molecule is CCn1c(CNC(=O)N2CC(C)CC(C)C2)nc2ccccc21. The van der Waals surface area contributed by atoms with E-state index in [-0.39, 0.29) is 6.03 Å². The number of nitrogens with one attached hydrogen (secondary N) is 1. The van der Waals surface area contributed by atoms with Gasteiger partial charge in [-0.25, -0.2) is 9.78 Å². The molecule has 2 heterocycles. The maximum absolute atomic E-state index is 12.5. The summed E-state index contributed by atoms with van der Waals surface area (Å²) in [5.41, 5.74) is 2.11. The highest BCUT2D eigenvalue weighted by molar-refractivity contribution is 5.77. The highest BCUT2D eigenvalue weighted by Gasteiger charge is 2.25. The van der Waals surface area contributed by atoms with Crippen LogP contribution >= 0.6 is 0 Å². The van der Waals surface area contributed by atoms with Crippen LogP contribution in [0.5, 0.6) is 0 Å². The zero-order valence-corrected chi connectivity index (χ0v) is 14.2. The molecule has 0 bridgehead atoms. The molecule has 1 N–H and O–H groups in total. The van der Waals surface area contributed by atoms with E-state index in [9.17, 15) is 4.79 Å². The van der Waals surface area contributed by atoms with E-state index in [2.05, 4.69) is 41.7 Å². The molecule has 124 valence electrons. The summed E-state index contributed by atoms with van der Waals surface area (Å²) in [4.78, 5) is 19.1. The van der Waals surface area contributed by atoms with Crippen LogP contribution in [0.25, 0.3) is 11.0 Å². The molecule has 1 aromatic carbocycles. The minimum Gasteiger partial charge on any atom is -0.331 e. The number of carbonyl (C=O) groups excluding carboxylic acids is 1. The van der Waals surface area contributed by atoms with Gasteiger partial charge in [-0.05, 0) is 37.3 Å². The number of amides is 2. The zero-order chi connectivity index (χ0) is 16.4. The predicted octanol–water partition coefficient (Wildman–Crippen LogP) is 3.24. The minimum absolute atomic E-state index is 0.0260. The van der Waals surface area contributed by atoms with Crippen molar-refractivity contribution in [3.05, 3.63) is 30.1 Å². The third kappa shape index (κ3) is 3.33. The molecule has 2 aromatic rings. The molecule has 2 atom stereocenters. The van der Waals surface area contributed by atoms with Gasteiger partial charge in [0.2, 0.25) is 0 Å². The van der Waals surface area contributed by atoms with E-state index in [0.717, 1.165) is 36.5 Å². The number of imidazole rings is 1. The summed E-state index contributed by atoms with van der Waals surface area (Å²) in [6, 6.07) is 8.13. The van der Waals surface area contributed by atoms with Crippen molar-refractivity contribution >= 4 is 17.1 Å². The first-order chi connectivity index (χ1) is 11.1. The third-order valence-corrected chi connectivity index (χ3v) is 4.60. The monoisotopic (exact) mass is 314 g/mol. The number of hydrogen-bond donors (Lipinski definition) is 1. The molecular weight excluding hydrogens is 288 g/mol. The second-order valence-electron chi connectivity index (χ2n) is 6.77. The summed E-state index contributed by atoms with van der Waals surface area (Å²) in [5.74, 6) is 2.06. The molecule has 0 aliphatic carbocycles. The number of likely N-dealkylation sites (tertiary alicyclic amines) is 1. The van der Waals surface area contributed by atoms with Crippen LogP contribution in [0.1, 0.15) is 33.0 Å². The summed E-state index contributed by atoms with van der Waals surface area (Å²) in [7, 11) is 0. The summed E-state index contributed by atoms with van der Waals surface area (Å²) >= 11 is 0. The van der Waals surface area contributed by atoms with Gasteiger partial charge in [0.1, 0.15) is 5.82 Å². The van der Waals surface area contributed by atoms with Gasteiger partial charge in [0.05, 0.1) is 17.6 Å². The molecule has 2 amide bonds. The Morgan fingerprint density at radius 3 is 2.65 bits per heavy atom. The first kappa shape index (κ1) is 15.8. The lowest BCUT2D eigenvalue weighted by Crippen LogP contribution is -2.47. The number of aryl methyl sites for hydroxylation is 1. The number of benzene rings is 1. The number of carbonyl (C=O) groups is 1. The van der Waals surface area contributed by atoms with Crippen molar-refractivity contribution in [3.63, 3.8) is 0 Å². The van der Waals surface area contributed by atoms with Gasteiger partial charge in [-0.2, -0.15) is 0 Å². The van der Waals surface area contributed by atoms with Gasteiger partial charge in [0, 0.05) is 19.6 Å². The maximum atomic E-state index is 12.5. The Balaban J connectivity index is 1.69. The topological polar surface area (TPSA) is 50.2 Å². The van der Waals surface area contributed by atoms with E-state index in [0.29, 0.717) is 18.4 Å². The Hall–Kier alpha value is -2.04. The van der Waals surface area contributed by atoms with E-state index in [1.165, 1.54) is 6.42 Å². The second kappa shape index (κ2) is 6.60. The average molecular weight is 314 g/mol. The number of aromatic nitrogens is 2. The molecular formula is C18H26N4O. The van der Waals surface area contributed by atoms with Crippen molar-refractivity contribution < 1.29 is 4.79 Å². The number of fused-ring (bicyclic) bond motifs is 1. The molecule has 3 rings (SSSR count). The molecule has 5 nitrogen and oxygen atoms in total. The van der Waals surface area contributed by atoms with Crippen molar-refractivity contribution in [1.29, 1.82) is 0 Å². The van der Waals surface area contributed by atoms with E-state index < -0.39 is 0 Å². The number of rotatable bonds is 3. The summed E-state index contributed by atoms with van der Waals surface area (Å²) in [6.07, 6.45) is 1.20. The van der Waals surface area contributed by atoms with Gasteiger partial charge in [0.25, 0.3) is 0 Å². The van der Waals surface area contributed by atoms with Crippen LogP contribution < -0.4 is 5.32 Å². The number of para-hydroxylation sites is 2. The molecule has 2 unspecified atom stereocenters. The molecule has 23 heavy (non-hydrogen) atoms. The Labute approximate surface area is 137 Å². The highest BCUT2D eigenvalue weighted by atomic mass is 16.2. The van der Waals surface area contributed by atoms with E-state index in [1.807, 2.05) is 23.1 Å². The van der Waals surface area contributed by atoms with Crippen LogP contribution in [0.15, 0.2) is 24.3 Å². The van der Waals surface area contributed by atoms with Crippen molar-refractivity contribution in [2.24, 2.45) is 11.8 Å². The smallest absolute Gasteiger partial charge is 0.317 e. The maximum Gasteiger partial charge on any atom is 0.317 e. The number of hydrogen-bond acceptors (Lipinski definition) is 2. The number of urea groups is 1. The molecule has 0 radical (unpaired) electrons. The first-order valence-electron chi connectivity index (χ1n) is 8.55. The molecule has 5 heteroatoms. The standard InChI is InChI=1S/C18H26N4O/c1-4-22-16-8-6-5-7-15(16)20-17(22)10-19-18(23)21-11-13(2)9-14(3)12-21/h5-8,13-14H,4,9-12H2,1-3H3,(H,19,23). The normalized spacial score (nSPS) is 21.6. The quantitative estimate of drug-likeness (QED) is 0.945. The molecule has 0 saturated carbocycles. The molecule has 1 aliphatic heterocycles. The van der Waals surface area contributed by atoms with Crippen LogP contribution in [0, 0.1) is 11.8 Å².